The number of rotatable bonds is 8. The van der Waals surface area contributed by atoms with Gasteiger partial charge in [0.15, 0.2) is 0 Å². The molecule has 8 nitrogen and oxygen atoms in total. The summed E-state index contributed by atoms with van der Waals surface area (Å²) in [7, 11) is 0. The summed E-state index contributed by atoms with van der Waals surface area (Å²) in [5, 5.41) is 17.3. The van der Waals surface area contributed by atoms with Crippen LogP contribution in [-0.4, -0.2) is 45.3 Å². The van der Waals surface area contributed by atoms with Crippen molar-refractivity contribution in [3.8, 4) is 0 Å². The average Bonchev–Trinajstić information content (AvgIpc) is 3.36. The van der Waals surface area contributed by atoms with Crippen LogP contribution in [-0.2, 0) is 16.0 Å². The van der Waals surface area contributed by atoms with Gasteiger partial charge in [0.2, 0.25) is 0 Å². The van der Waals surface area contributed by atoms with E-state index in [1.807, 2.05) is 41.9 Å². The van der Waals surface area contributed by atoms with E-state index in [4.69, 9.17) is 26.2 Å². The number of nitrogens with one attached hydrogen (secondary N) is 1. The quantitative estimate of drug-likeness (QED) is 0.430. The van der Waals surface area contributed by atoms with Crippen LogP contribution in [0.2, 0.25) is 5.15 Å². The monoisotopic (exact) mass is 416 g/mol. The maximum absolute atomic E-state index is 11.1. The molecular weight excluding hydrogens is 396 g/mol. The van der Waals surface area contributed by atoms with Crippen molar-refractivity contribution in [1.29, 1.82) is 0 Å². The minimum atomic E-state index is -1.10. The van der Waals surface area contributed by atoms with Crippen molar-refractivity contribution in [2.45, 2.75) is 31.7 Å². The molecule has 152 valence electrons. The van der Waals surface area contributed by atoms with Gasteiger partial charge < -0.3 is 19.9 Å². The van der Waals surface area contributed by atoms with E-state index in [2.05, 4.69) is 15.4 Å². The van der Waals surface area contributed by atoms with Gasteiger partial charge in [0.1, 0.15) is 17.4 Å². The van der Waals surface area contributed by atoms with Crippen LogP contribution in [0.15, 0.2) is 42.6 Å². The number of aryl methyl sites for hydroxylation is 1. The van der Waals surface area contributed by atoms with Gasteiger partial charge in [-0.15, -0.1) is 0 Å². The Morgan fingerprint density at radius 1 is 1.41 bits per heavy atom. The molecule has 0 spiro atoms. The number of nitrogens with zero attached hydrogens (tertiary/aromatic N) is 3. The summed E-state index contributed by atoms with van der Waals surface area (Å²) in [6, 6.07) is 10.7. The molecule has 2 aromatic heterocycles. The predicted molar refractivity (Wildman–Crippen MR) is 107 cm³/mol. The second-order valence-electron chi connectivity index (χ2n) is 6.77. The highest BCUT2D eigenvalue weighted by atomic mass is 35.5. The molecular formula is C20H21ClN4O4. The Balaban J connectivity index is 1.41. The fourth-order valence-electron chi connectivity index (χ4n) is 3.42. The zero-order chi connectivity index (χ0) is 20.4. The molecule has 2 unspecified atom stereocenters. The van der Waals surface area contributed by atoms with Gasteiger partial charge in [0.05, 0.1) is 36.7 Å². The van der Waals surface area contributed by atoms with Gasteiger partial charge in [0.25, 0.3) is 0 Å². The fourth-order valence-corrected chi connectivity index (χ4v) is 3.63. The molecule has 0 saturated carbocycles. The number of benzene rings is 1. The van der Waals surface area contributed by atoms with Crippen LogP contribution in [0.1, 0.15) is 30.3 Å². The molecule has 4 rings (SSSR count). The molecule has 0 bridgehead atoms. The highest BCUT2D eigenvalue weighted by Crippen LogP contribution is 2.41. The topological polar surface area (TPSA) is 102 Å². The number of epoxide rings is 1. The second kappa shape index (κ2) is 8.36. The van der Waals surface area contributed by atoms with Crippen molar-refractivity contribution in [1.82, 2.24) is 20.1 Å². The van der Waals surface area contributed by atoms with Crippen molar-refractivity contribution < 1.29 is 19.4 Å². The summed E-state index contributed by atoms with van der Waals surface area (Å²) in [5.74, 6) is 0. The second-order valence-corrected chi connectivity index (χ2v) is 7.16. The van der Waals surface area contributed by atoms with Crippen LogP contribution in [0.5, 0.6) is 0 Å². The van der Waals surface area contributed by atoms with E-state index in [0.717, 1.165) is 22.2 Å². The number of hydrogen-bond donors (Lipinski definition) is 2. The molecule has 1 aliphatic rings. The summed E-state index contributed by atoms with van der Waals surface area (Å²) in [6.45, 7) is 3.26. The fraction of sp³-hybridized carbons (Fsp3) is 0.350. The van der Waals surface area contributed by atoms with Gasteiger partial charge in [-0.1, -0.05) is 41.9 Å². The number of fused-ring (bicyclic) bond motifs is 1. The number of ether oxygens (including phenoxy) is 2. The van der Waals surface area contributed by atoms with Gasteiger partial charge in [0, 0.05) is 11.9 Å². The Bertz CT molecular complexity index is 1010. The SMILES string of the molecule is CCn1ncc2cc(Cl)nc(C3O[C@H]3COCC(NC(=O)O)c3ccccc3)c21. The summed E-state index contributed by atoms with van der Waals surface area (Å²) in [5.41, 5.74) is 2.51. The minimum absolute atomic E-state index is 0.161. The van der Waals surface area contributed by atoms with Crippen molar-refractivity contribution in [3.05, 3.63) is 59.0 Å². The lowest BCUT2D eigenvalue weighted by molar-refractivity contribution is 0.0947. The number of hydrogen-bond acceptors (Lipinski definition) is 5. The maximum Gasteiger partial charge on any atom is 0.405 e. The molecule has 1 saturated heterocycles. The number of aromatic nitrogens is 3. The molecule has 1 aromatic carbocycles. The van der Waals surface area contributed by atoms with E-state index in [-0.39, 0.29) is 18.8 Å². The summed E-state index contributed by atoms with van der Waals surface area (Å²) in [6.07, 6.45) is 0.291. The van der Waals surface area contributed by atoms with E-state index in [1.165, 1.54) is 0 Å². The van der Waals surface area contributed by atoms with Crippen LogP contribution < -0.4 is 5.32 Å². The Kier molecular flexibility index (Phi) is 5.66. The Morgan fingerprint density at radius 3 is 2.93 bits per heavy atom. The van der Waals surface area contributed by atoms with Gasteiger partial charge in [-0.3, -0.25) is 4.68 Å². The lowest BCUT2D eigenvalue weighted by Gasteiger charge is -2.17. The molecule has 1 aliphatic heterocycles. The molecule has 9 heteroatoms. The minimum Gasteiger partial charge on any atom is -0.465 e. The van der Waals surface area contributed by atoms with Gasteiger partial charge >= 0.3 is 6.09 Å². The van der Waals surface area contributed by atoms with Gasteiger partial charge in [-0.05, 0) is 18.6 Å². The smallest absolute Gasteiger partial charge is 0.405 e. The van der Waals surface area contributed by atoms with E-state index >= 15 is 0 Å². The third-order valence-electron chi connectivity index (χ3n) is 4.83. The zero-order valence-electron chi connectivity index (χ0n) is 15.8. The molecule has 0 aliphatic carbocycles. The first-order chi connectivity index (χ1) is 14.1. The van der Waals surface area contributed by atoms with Crippen LogP contribution in [0.25, 0.3) is 10.9 Å². The Hall–Kier alpha value is -2.68. The largest absolute Gasteiger partial charge is 0.465 e. The Labute approximate surface area is 172 Å². The van der Waals surface area contributed by atoms with Crippen molar-refractivity contribution in [2.24, 2.45) is 0 Å². The molecule has 3 aromatic rings. The van der Waals surface area contributed by atoms with Crippen LogP contribution >= 0.6 is 11.6 Å². The normalized spacial score (nSPS) is 19.2. The van der Waals surface area contributed by atoms with Crippen molar-refractivity contribution in [2.75, 3.05) is 13.2 Å². The number of amides is 1. The predicted octanol–water partition coefficient (Wildman–Crippen LogP) is 3.57. The first-order valence-electron chi connectivity index (χ1n) is 9.36. The number of pyridine rings is 1. The van der Waals surface area contributed by atoms with Crippen molar-refractivity contribution >= 4 is 28.6 Å². The molecule has 0 radical (unpaired) electrons. The van der Waals surface area contributed by atoms with E-state index in [9.17, 15) is 4.79 Å². The van der Waals surface area contributed by atoms with E-state index < -0.39 is 12.1 Å². The van der Waals surface area contributed by atoms with Gasteiger partial charge in [-0.25, -0.2) is 9.78 Å². The first kappa shape index (κ1) is 19.6. The van der Waals surface area contributed by atoms with Gasteiger partial charge in [-0.2, -0.15) is 5.10 Å². The first-order valence-corrected chi connectivity index (χ1v) is 9.74. The highest BCUT2D eigenvalue weighted by Gasteiger charge is 2.43. The summed E-state index contributed by atoms with van der Waals surface area (Å²) in [4.78, 5) is 15.6. The van der Waals surface area contributed by atoms with Crippen LogP contribution in [0.3, 0.4) is 0 Å². The van der Waals surface area contributed by atoms with Crippen molar-refractivity contribution in [3.63, 3.8) is 0 Å². The number of carbonyl (C=O) groups is 1. The highest BCUT2D eigenvalue weighted by molar-refractivity contribution is 6.30. The molecule has 2 N–H and O–H groups in total. The third kappa shape index (κ3) is 4.34. The van der Waals surface area contributed by atoms with Crippen LogP contribution in [0, 0.1) is 0 Å². The lowest BCUT2D eigenvalue weighted by atomic mass is 10.1. The maximum atomic E-state index is 11.1. The van der Waals surface area contributed by atoms with E-state index in [1.54, 1.807) is 12.3 Å². The summed E-state index contributed by atoms with van der Waals surface area (Å²) >= 11 is 6.16. The zero-order valence-corrected chi connectivity index (χ0v) is 16.5. The van der Waals surface area contributed by atoms with E-state index in [0.29, 0.717) is 18.3 Å². The molecule has 1 fully saturated rings. The average molecular weight is 417 g/mol. The Morgan fingerprint density at radius 2 is 2.21 bits per heavy atom. The molecule has 3 heterocycles. The van der Waals surface area contributed by atoms with Crippen LogP contribution in [0.4, 0.5) is 4.79 Å². The standard InChI is InChI=1S/C20H21ClN4O4/c1-2-25-18-13(9-22-25)8-16(21)24-17(18)19-15(29-19)11-28-10-14(23-20(26)27)12-6-4-3-5-7-12/h3-9,14-15,19,23H,2,10-11H2,1H3,(H,26,27)/t14?,15-,19?/m0/s1. The number of halogens is 1. The third-order valence-corrected chi connectivity index (χ3v) is 5.02. The molecule has 29 heavy (non-hydrogen) atoms. The lowest BCUT2D eigenvalue weighted by Crippen LogP contribution is -2.30. The number of carboxylic acid groups (broad SMARTS) is 1. The molecule has 1 amide bonds. The summed E-state index contributed by atoms with van der Waals surface area (Å²) < 4.78 is 13.4. The molecule has 3 atom stereocenters.